The number of aromatic nitrogens is 1. The molecule has 1 aromatic rings. The van der Waals surface area contributed by atoms with Gasteiger partial charge in [-0.15, -0.1) is 11.3 Å². The normalized spacial score (nSPS) is 28.8. The maximum atomic E-state index is 4.20. The average molecular weight is 168 g/mol. The minimum atomic E-state index is 0.763. The summed E-state index contributed by atoms with van der Waals surface area (Å²) in [4.78, 5) is 4.20. The first-order valence-corrected chi connectivity index (χ1v) is 4.86. The Kier molecular flexibility index (Phi) is 1.92. The van der Waals surface area contributed by atoms with E-state index in [0.29, 0.717) is 0 Å². The lowest BCUT2D eigenvalue weighted by molar-refractivity contribution is 0.650. The van der Waals surface area contributed by atoms with E-state index in [1.807, 2.05) is 11.6 Å². The molecule has 2 nitrogen and oxygen atoms in total. The Labute approximate surface area is 70.7 Å². The van der Waals surface area contributed by atoms with Gasteiger partial charge in [-0.25, -0.2) is 4.98 Å². The van der Waals surface area contributed by atoms with Crippen molar-refractivity contribution >= 4 is 11.3 Å². The van der Waals surface area contributed by atoms with Gasteiger partial charge in [-0.05, 0) is 12.3 Å². The SMILES string of the molecule is CC1CC1NCc1nccs1. The number of hydrogen-bond donors (Lipinski definition) is 1. The molecular weight excluding hydrogens is 156 g/mol. The molecule has 1 N–H and O–H groups in total. The van der Waals surface area contributed by atoms with E-state index in [2.05, 4.69) is 17.2 Å². The van der Waals surface area contributed by atoms with Crippen molar-refractivity contribution in [1.82, 2.24) is 10.3 Å². The predicted molar refractivity (Wildman–Crippen MR) is 46.5 cm³/mol. The Morgan fingerprint density at radius 2 is 2.64 bits per heavy atom. The molecule has 0 amide bonds. The summed E-state index contributed by atoms with van der Waals surface area (Å²) < 4.78 is 0. The first-order chi connectivity index (χ1) is 5.36. The third kappa shape index (κ3) is 1.79. The molecule has 1 aliphatic rings. The van der Waals surface area contributed by atoms with Crippen molar-refractivity contribution in [2.24, 2.45) is 5.92 Å². The molecule has 1 fully saturated rings. The Morgan fingerprint density at radius 3 is 3.18 bits per heavy atom. The van der Waals surface area contributed by atoms with Crippen molar-refractivity contribution in [2.45, 2.75) is 25.9 Å². The van der Waals surface area contributed by atoms with Crippen LogP contribution in [0.15, 0.2) is 11.6 Å². The van der Waals surface area contributed by atoms with Crippen molar-refractivity contribution in [3.05, 3.63) is 16.6 Å². The lowest BCUT2D eigenvalue weighted by atomic mass is 10.5. The van der Waals surface area contributed by atoms with Gasteiger partial charge in [0.15, 0.2) is 0 Å². The minimum Gasteiger partial charge on any atom is -0.307 e. The van der Waals surface area contributed by atoms with E-state index >= 15 is 0 Å². The molecule has 0 aromatic carbocycles. The third-order valence-corrected chi connectivity index (χ3v) is 2.89. The second-order valence-electron chi connectivity index (χ2n) is 3.13. The number of hydrogen-bond acceptors (Lipinski definition) is 3. The molecule has 2 rings (SSSR count). The Hall–Kier alpha value is -0.410. The van der Waals surface area contributed by atoms with Crippen LogP contribution in [-0.2, 0) is 6.54 Å². The molecule has 0 radical (unpaired) electrons. The van der Waals surface area contributed by atoms with Crippen molar-refractivity contribution in [3.63, 3.8) is 0 Å². The van der Waals surface area contributed by atoms with E-state index in [1.54, 1.807) is 11.3 Å². The second-order valence-corrected chi connectivity index (χ2v) is 4.11. The van der Waals surface area contributed by atoms with Crippen LogP contribution in [0.25, 0.3) is 0 Å². The van der Waals surface area contributed by atoms with Gasteiger partial charge < -0.3 is 5.32 Å². The molecule has 1 saturated carbocycles. The molecule has 0 aliphatic heterocycles. The van der Waals surface area contributed by atoms with Gasteiger partial charge in [0.25, 0.3) is 0 Å². The molecule has 11 heavy (non-hydrogen) atoms. The number of thiazole rings is 1. The predicted octanol–water partition coefficient (Wildman–Crippen LogP) is 1.64. The van der Waals surface area contributed by atoms with Crippen LogP contribution in [0.4, 0.5) is 0 Å². The van der Waals surface area contributed by atoms with E-state index in [9.17, 15) is 0 Å². The van der Waals surface area contributed by atoms with Gasteiger partial charge in [-0.2, -0.15) is 0 Å². The summed E-state index contributed by atoms with van der Waals surface area (Å²) in [6.07, 6.45) is 3.20. The molecule has 3 heteroatoms. The van der Waals surface area contributed by atoms with Gasteiger partial charge in [0.2, 0.25) is 0 Å². The maximum Gasteiger partial charge on any atom is 0.106 e. The fourth-order valence-electron chi connectivity index (χ4n) is 1.17. The van der Waals surface area contributed by atoms with Gasteiger partial charge in [-0.3, -0.25) is 0 Å². The highest BCUT2D eigenvalue weighted by Crippen LogP contribution is 2.29. The van der Waals surface area contributed by atoms with Crippen molar-refractivity contribution in [1.29, 1.82) is 0 Å². The molecule has 2 atom stereocenters. The van der Waals surface area contributed by atoms with E-state index in [0.717, 1.165) is 18.5 Å². The largest absolute Gasteiger partial charge is 0.307 e. The van der Waals surface area contributed by atoms with Gasteiger partial charge in [0.05, 0.1) is 0 Å². The van der Waals surface area contributed by atoms with Crippen LogP contribution in [0.5, 0.6) is 0 Å². The fourth-order valence-corrected chi connectivity index (χ4v) is 1.73. The van der Waals surface area contributed by atoms with Crippen LogP contribution in [0.1, 0.15) is 18.4 Å². The fraction of sp³-hybridized carbons (Fsp3) is 0.625. The molecule has 0 saturated heterocycles. The average Bonchev–Trinajstić information content (AvgIpc) is 2.55. The van der Waals surface area contributed by atoms with Crippen molar-refractivity contribution in [2.75, 3.05) is 0 Å². The second kappa shape index (κ2) is 2.91. The minimum absolute atomic E-state index is 0.763. The van der Waals surface area contributed by atoms with Crippen LogP contribution in [0.3, 0.4) is 0 Å². The van der Waals surface area contributed by atoms with Crippen molar-refractivity contribution < 1.29 is 0 Å². The van der Waals surface area contributed by atoms with E-state index < -0.39 is 0 Å². The van der Waals surface area contributed by atoms with E-state index in [1.165, 1.54) is 11.4 Å². The standard InChI is InChI=1S/C8H12N2S/c1-6-4-7(6)10-5-8-9-2-3-11-8/h2-3,6-7,10H,4-5H2,1H3. The molecule has 1 aliphatic carbocycles. The highest BCUT2D eigenvalue weighted by Gasteiger charge is 2.31. The van der Waals surface area contributed by atoms with Gasteiger partial charge in [-0.1, -0.05) is 6.92 Å². The zero-order valence-corrected chi connectivity index (χ0v) is 7.40. The Balaban J connectivity index is 1.75. The van der Waals surface area contributed by atoms with Gasteiger partial charge in [0, 0.05) is 24.2 Å². The molecule has 1 aromatic heterocycles. The van der Waals surface area contributed by atoms with Crippen LogP contribution in [0.2, 0.25) is 0 Å². The van der Waals surface area contributed by atoms with Gasteiger partial charge >= 0.3 is 0 Å². The quantitative estimate of drug-likeness (QED) is 0.742. The van der Waals surface area contributed by atoms with Crippen molar-refractivity contribution in [3.8, 4) is 0 Å². The van der Waals surface area contributed by atoms with E-state index in [-0.39, 0.29) is 0 Å². The number of rotatable bonds is 3. The first kappa shape index (κ1) is 7.25. The van der Waals surface area contributed by atoms with Gasteiger partial charge in [0.1, 0.15) is 5.01 Å². The van der Waals surface area contributed by atoms with Crippen LogP contribution >= 0.6 is 11.3 Å². The summed E-state index contributed by atoms with van der Waals surface area (Å²) in [6, 6.07) is 0.763. The lowest BCUT2D eigenvalue weighted by Gasteiger charge is -1.97. The molecule has 0 bridgehead atoms. The Morgan fingerprint density at radius 1 is 1.82 bits per heavy atom. The highest BCUT2D eigenvalue weighted by atomic mass is 32.1. The highest BCUT2D eigenvalue weighted by molar-refractivity contribution is 7.09. The molecule has 1 heterocycles. The Bertz CT molecular complexity index is 220. The van der Waals surface area contributed by atoms with Crippen LogP contribution < -0.4 is 5.32 Å². The monoisotopic (exact) mass is 168 g/mol. The third-order valence-electron chi connectivity index (χ3n) is 2.11. The molecule has 0 spiro atoms. The summed E-state index contributed by atoms with van der Waals surface area (Å²) >= 11 is 1.72. The zero-order chi connectivity index (χ0) is 7.68. The van der Waals surface area contributed by atoms with Crippen LogP contribution in [-0.4, -0.2) is 11.0 Å². The maximum absolute atomic E-state index is 4.20. The summed E-state index contributed by atoms with van der Waals surface area (Å²) in [5, 5.41) is 6.68. The number of nitrogens with zero attached hydrogens (tertiary/aromatic N) is 1. The van der Waals surface area contributed by atoms with Crippen LogP contribution in [0, 0.1) is 5.92 Å². The first-order valence-electron chi connectivity index (χ1n) is 3.98. The van der Waals surface area contributed by atoms with E-state index in [4.69, 9.17) is 0 Å². The molecular formula is C8H12N2S. The number of nitrogens with one attached hydrogen (secondary N) is 1. The molecule has 2 unspecified atom stereocenters. The summed E-state index contributed by atoms with van der Waals surface area (Å²) in [6.45, 7) is 3.23. The lowest BCUT2D eigenvalue weighted by Crippen LogP contribution is -2.16. The summed E-state index contributed by atoms with van der Waals surface area (Å²) in [7, 11) is 0. The summed E-state index contributed by atoms with van der Waals surface area (Å²) in [5.41, 5.74) is 0. The summed E-state index contributed by atoms with van der Waals surface area (Å²) in [5.74, 6) is 0.884. The smallest absolute Gasteiger partial charge is 0.106 e. The zero-order valence-electron chi connectivity index (χ0n) is 6.58. The topological polar surface area (TPSA) is 24.9 Å². The molecule has 60 valence electrons.